The average molecular weight is 407 g/mol. The van der Waals surface area contributed by atoms with Crippen LogP contribution in [0.15, 0.2) is 95.5 Å². The first-order chi connectivity index (χ1) is 13.3. The second-order valence-corrected chi connectivity index (χ2v) is 7.97. The molecule has 5 aromatic rings. The molecule has 0 N–H and O–H groups in total. The summed E-state index contributed by atoms with van der Waals surface area (Å²) in [5.74, 6) is 0. The number of hydrogen-bond donors (Lipinski definition) is 0. The summed E-state index contributed by atoms with van der Waals surface area (Å²) in [6.07, 6.45) is 0. The Morgan fingerprint density at radius 1 is 0.481 bits per heavy atom. The smallest absolute Gasteiger partial charge is 0.0259 e. The highest BCUT2D eigenvalue weighted by atomic mass is 79.9. The highest BCUT2D eigenvalue weighted by Crippen LogP contribution is 2.49. The summed E-state index contributed by atoms with van der Waals surface area (Å²) in [7, 11) is 0. The van der Waals surface area contributed by atoms with Crippen LogP contribution in [0.2, 0.25) is 0 Å². The number of benzene rings is 5. The number of fused-ring (bicyclic) bond motifs is 4. The van der Waals surface area contributed by atoms with E-state index in [9.17, 15) is 0 Å². The van der Waals surface area contributed by atoms with Crippen molar-refractivity contribution in [3.05, 3.63) is 95.5 Å². The molecule has 0 aliphatic heterocycles. The second kappa shape index (κ2) is 5.55. The molecule has 27 heavy (non-hydrogen) atoms. The number of rotatable bonds is 1. The molecular formula is C26H15Br. The lowest BCUT2D eigenvalue weighted by Gasteiger charge is -2.11. The van der Waals surface area contributed by atoms with Gasteiger partial charge in [0.2, 0.25) is 0 Å². The van der Waals surface area contributed by atoms with Crippen LogP contribution in [-0.2, 0) is 0 Å². The van der Waals surface area contributed by atoms with Gasteiger partial charge in [-0.15, -0.1) is 0 Å². The molecule has 0 unspecified atom stereocenters. The molecule has 0 bridgehead atoms. The first-order valence-electron chi connectivity index (χ1n) is 9.15. The molecule has 126 valence electrons. The van der Waals surface area contributed by atoms with E-state index < -0.39 is 0 Å². The predicted octanol–water partition coefficient (Wildman–Crippen LogP) is 8.07. The van der Waals surface area contributed by atoms with Gasteiger partial charge in [0, 0.05) is 4.47 Å². The van der Waals surface area contributed by atoms with Crippen LogP contribution in [0.3, 0.4) is 0 Å². The van der Waals surface area contributed by atoms with Gasteiger partial charge in [-0.05, 0) is 67.1 Å². The summed E-state index contributed by atoms with van der Waals surface area (Å²) in [6, 6.07) is 33.0. The van der Waals surface area contributed by atoms with E-state index in [0.717, 1.165) is 4.47 Å². The lowest BCUT2D eigenvalue weighted by Crippen LogP contribution is -1.85. The van der Waals surface area contributed by atoms with Crippen LogP contribution in [0.1, 0.15) is 0 Å². The normalized spacial score (nSPS) is 11.9. The molecular weight excluding hydrogens is 392 g/mol. The third kappa shape index (κ3) is 2.09. The molecule has 0 saturated heterocycles. The fourth-order valence-corrected chi connectivity index (χ4v) is 5.09. The van der Waals surface area contributed by atoms with Crippen molar-refractivity contribution in [3.8, 4) is 33.4 Å². The maximum absolute atomic E-state index is 3.77. The monoisotopic (exact) mass is 406 g/mol. The maximum Gasteiger partial charge on any atom is 0.0259 e. The van der Waals surface area contributed by atoms with Gasteiger partial charge in [0.1, 0.15) is 0 Å². The minimum Gasteiger partial charge on any atom is -0.0616 e. The first-order valence-corrected chi connectivity index (χ1v) is 9.95. The van der Waals surface area contributed by atoms with E-state index in [1.54, 1.807) is 0 Å². The lowest BCUT2D eigenvalue weighted by atomic mass is 9.93. The van der Waals surface area contributed by atoms with E-state index in [2.05, 4.69) is 107 Å². The minimum absolute atomic E-state index is 1.14. The molecule has 1 aliphatic carbocycles. The Hall–Kier alpha value is -2.90. The van der Waals surface area contributed by atoms with Gasteiger partial charge < -0.3 is 0 Å². The van der Waals surface area contributed by atoms with Crippen LogP contribution in [-0.4, -0.2) is 0 Å². The van der Waals surface area contributed by atoms with E-state index in [1.807, 2.05) is 0 Å². The summed E-state index contributed by atoms with van der Waals surface area (Å²) in [6.45, 7) is 0. The Bertz CT molecular complexity index is 1350. The van der Waals surface area contributed by atoms with Crippen molar-refractivity contribution in [2.45, 2.75) is 0 Å². The van der Waals surface area contributed by atoms with Crippen LogP contribution in [0.25, 0.3) is 54.9 Å². The van der Waals surface area contributed by atoms with Gasteiger partial charge in [0.25, 0.3) is 0 Å². The van der Waals surface area contributed by atoms with Crippen LogP contribution in [0, 0.1) is 0 Å². The summed E-state index contributed by atoms with van der Waals surface area (Å²) >= 11 is 3.77. The van der Waals surface area contributed by atoms with E-state index in [0.29, 0.717) is 0 Å². The summed E-state index contributed by atoms with van der Waals surface area (Å²) in [5, 5.41) is 5.21. The number of hydrogen-bond acceptors (Lipinski definition) is 0. The molecule has 0 atom stereocenters. The zero-order valence-electron chi connectivity index (χ0n) is 14.5. The second-order valence-electron chi connectivity index (χ2n) is 7.11. The molecule has 0 saturated carbocycles. The van der Waals surface area contributed by atoms with Gasteiger partial charge in [-0.25, -0.2) is 0 Å². The Balaban J connectivity index is 1.69. The van der Waals surface area contributed by atoms with Gasteiger partial charge in [0.15, 0.2) is 0 Å². The van der Waals surface area contributed by atoms with Gasteiger partial charge in [-0.1, -0.05) is 94.8 Å². The predicted molar refractivity (Wildman–Crippen MR) is 119 cm³/mol. The average Bonchev–Trinajstić information content (AvgIpc) is 3.04. The molecule has 1 heteroatoms. The molecule has 0 radical (unpaired) electrons. The van der Waals surface area contributed by atoms with Crippen molar-refractivity contribution < 1.29 is 0 Å². The third-order valence-electron chi connectivity index (χ3n) is 5.67. The Labute approximate surface area is 166 Å². The summed E-state index contributed by atoms with van der Waals surface area (Å²) in [5.41, 5.74) is 7.92. The molecule has 0 heterocycles. The summed E-state index contributed by atoms with van der Waals surface area (Å²) < 4.78 is 1.14. The SMILES string of the molecule is Brc1cc(-c2ccc3c4c(cccc24)-c2ccccc2-3)cc2ccccc12. The van der Waals surface area contributed by atoms with Crippen molar-refractivity contribution in [2.24, 2.45) is 0 Å². The third-order valence-corrected chi connectivity index (χ3v) is 6.33. The van der Waals surface area contributed by atoms with E-state index in [1.165, 1.54) is 54.9 Å². The van der Waals surface area contributed by atoms with Crippen molar-refractivity contribution in [2.75, 3.05) is 0 Å². The van der Waals surface area contributed by atoms with Crippen LogP contribution >= 0.6 is 15.9 Å². The molecule has 5 aromatic carbocycles. The quantitative estimate of drug-likeness (QED) is 0.259. The molecule has 0 fully saturated rings. The molecule has 6 rings (SSSR count). The fraction of sp³-hybridized carbons (Fsp3) is 0. The van der Waals surface area contributed by atoms with Crippen molar-refractivity contribution in [3.63, 3.8) is 0 Å². The van der Waals surface area contributed by atoms with Gasteiger partial charge in [-0.2, -0.15) is 0 Å². The fourth-order valence-electron chi connectivity index (χ4n) is 4.48. The van der Waals surface area contributed by atoms with E-state index in [4.69, 9.17) is 0 Å². The Morgan fingerprint density at radius 3 is 1.96 bits per heavy atom. The molecule has 0 nitrogen and oxygen atoms in total. The highest BCUT2D eigenvalue weighted by molar-refractivity contribution is 9.10. The molecule has 0 amide bonds. The standard InChI is InChI=1S/C26H15Br/c27-25-15-17(14-16-6-1-2-7-19(16)25)18-12-13-24-21-9-4-3-8-20(21)23-11-5-10-22(18)26(23)24/h1-15H. The van der Waals surface area contributed by atoms with E-state index >= 15 is 0 Å². The Morgan fingerprint density at radius 2 is 1.11 bits per heavy atom. The zero-order valence-corrected chi connectivity index (χ0v) is 16.1. The van der Waals surface area contributed by atoms with Crippen molar-refractivity contribution in [1.82, 2.24) is 0 Å². The topological polar surface area (TPSA) is 0 Å². The minimum atomic E-state index is 1.14. The molecule has 0 aromatic heterocycles. The lowest BCUT2D eigenvalue weighted by molar-refractivity contribution is 1.66. The van der Waals surface area contributed by atoms with Crippen LogP contribution in [0.4, 0.5) is 0 Å². The van der Waals surface area contributed by atoms with Crippen LogP contribution < -0.4 is 0 Å². The van der Waals surface area contributed by atoms with Crippen molar-refractivity contribution >= 4 is 37.5 Å². The molecule has 1 aliphatic rings. The van der Waals surface area contributed by atoms with E-state index in [-0.39, 0.29) is 0 Å². The zero-order chi connectivity index (χ0) is 18.0. The number of halogens is 1. The van der Waals surface area contributed by atoms with Gasteiger partial charge in [0.05, 0.1) is 0 Å². The van der Waals surface area contributed by atoms with Crippen LogP contribution in [0.5, 0.6) is 0 Å². The highest BCUT2D eigenvalue weighted by Gasteiger charge is 2.22. The van der Waals surface area contributed by atoms with Crippen molar-refractivity contribution in [1.29, 1.82) is 0 Å². The van der Waals surface area contributed by atoms with Gasteiger partial charge >= 0.3 is 0 Å². The summed E-state index contributed by atoms with van der Waals surface area (Å²) in [4.78, 5) is 0. The van der Waals surface area contributed by atoms with Gasteiger partial charge in [-0.3, -0.25) is 0 Å². The Kier molecular flexibility index (Phi) is 3.12. The first kappa shape index (κ1) is 15.2. The molecule has 0 spiro atoms. The largest absolute Gasteiger partial charge is 0.0616 e. The maximum atomic E-state index is 3.77.